The maximum Gasteiger partial charge on any atom is 0.416 e. The molecule has 1 saturated heterocycles. The summed E-state index contributed by atoms with van der Waals surface area (Å²) in [6.07, 6.45) is -0.325. The quantitative estimate of drug-likeness (QED) is 0.855. The molecule has 0 aliphatic carbocycles. The van der Waals surface area contributed by atoms with Gasteiger partial charge < -0.3 is 9.84 Å². The highest BCUT2D eigenvalue weighted by atomic mass is 32.2. The van der Waals surface area contributed by atoms with E-state index in [1.54, 1.807) is 0 Å². The fourth-order valence-corrected chi connectivity index (χ4v) is 2.87. The monoisotopic (exact) mass is 309 g/mol. The van der Waals surface area contributed by atoms with E-state index in [2.05, 4.69) is 4.74 Å². The number of imide groups is 1. The minimum Gasteiger partial charge on any atom is -0.480 e. The lowest BCUT2D eigenvalue weighted by atomic mass is 10.1. The summed E-state index contributed by atoms with van der Waals surface area (Å²) in [7, 11) is 0. The molecule has 1 N–H and O–H groups in total. The second-order valence-corrected chi connectivity index (χ2v) is 5.68. The molecule has 0 spiro atoms. The van der Waals surface area contributed by atoms with Gasteiger partial charge in [-0.2, -0.15) is 0 Å². The molecule has 0 bridgehead atoms. The number of carbonyl (C=O) groups excluding carboxylic acids is 2. The van der Waals surface area contributed by atoms with E-state index in [1.807, 2.05) is 30.3 Å². The first-order valence-electron chi connectivity index (χ1n) is 6.43. The number of nitrogens with zero attached hydrogens (tertiary/aromatic N) is 1. The Bertz CT molecular complexity index is 533. The molecule has 2 rings (SSSR count). The molecule has 6 nitrogen and oxygen atoms in total. The predicted molar refractivity (Wildman–Crippen MR) is 77.1 cm³/mol. The van der Waals surface area contributed by atoms with Crippen molar-refractivity contribution in [3.63, 3.8) is 0 Å². The van der Waals surface area contributed by atoms with Gasteiger partial charge in [-0.1, -0.05) is 30.3 Å². The summed E-state index contributed by atoms with van der Waals surface area (Å²) in [6.45, 7) is 0.427. The van der Waals surface area contributed by atoms with Gasteiger partial charge in [-0.3, -0.25) is 9.59 Å². The first-order valence-corrected chi connectivity index (χ1v) is 7.48. The normalized spacial score (nSPS) is 15.6. The molecule has 1 aliphatic heterocycles. The Morgan fingerprint density at radius 2 is 2.05 bits per heavy atom. The molecular formula is C14H15NO5S. The third-order valence-corrected chi connectivity index (χ3v) is 4.19. The van der Waals surface area contributed by atoms with Crippen molar-refractivity contribution in [1.29, 1.82) is 0 Å². The van der Waals surface area contributed by atoms with Crippen molar-refractivity contribution in [2.75, 3.05) is 18.9 Å². The first kappa shape index (κ1) is 15.4. The zero-order chi connectivity index (χ0) is 15.2. The van der Waals surface area contributed by atoms with Gasteiger partial charge in [-0.05, 0) is 12.0 Å². The maximum atomic E-state index is 11.8. The summed E-state index contributed by atoms with van der Waals surface area (Å²) >= 11 is 1.02. The average molecular weight is 309 g/mol. The Kier molecular flexibility index (Phi) is 5.21. The van der Waals surface area contributed by atoms with Gasteiger partial charge in [0.1, 0.15) is 11.9 Å². The van der Waals surface area contributed by atoms with Crippen molar-refractivity contribution in [1.82, 2.24) is 4.90 Å². The van der Waals surface area contributed by atoms with Crippen LogP contribution >= 0.6 is 11.8 Å². The Morgan fingerprint density at radius 1 is 1.33 bits per heavy atom. The molecule has 1 heterocycles. The topological polar surface area (TPSA) is 83.9 Å². The number of carboxylic acid groups (broad SMARTS) is 1. The van der Waals surface area contributed by atoms with E-state index in [0.717, 1.165) is 22.2 Å². The SMILES string of the molecule is O=C(O)C(Cc1ccccc1)SCC(=O)N1CCOC1=O. The number of thioether (sulfide) groups is 1. The molecule has 7 heteroatoms. The van der Waals surface area contributed by atoms with E-state index in [1.165, 1.54) is 0 Å². The second-order valence-electron chi connectivity index (χ2n) is 4.49. The lowest BCUT2D eigenvalue weighted by Crippen LogP contribution is -2.34. The summed E-state index contributed by atoms with van der Waals surface area (Å²) in [6, 6.07) is 9.22. The molecule has 2 amide bonds. The smallest absolute Gasteiger partial charge is 0.416 e. The highest BCUT2D eigenvalue weighted by Gasteiger charge is 2.29. The molecule has 0 saturated carbocycles. The first-order chi connectivity index (χ1) is 10.1. The summed E-state index contributed by atoms with van der Waals surface area (Å²) in [5.74, 6) is -1.44. The lowest BCUT2D eigenvalue weighted by Gasteiger charge is -2.14. The third kappa shape index (κ3) is 4.22. The summed E-state index contributed by atoms with van der Waals surface area (Å²) in [5.41, 5.74) is 0.894. The molecule has 21 heavy (non-hydrogen) atoms. The Hall–Kier alpha value is -2.02. The van der Waals surface area contributed by atoms with Crippen molar-refractivity contribution in [2.24, 2.45) is 0 Å². The van der Waals surface area contributed by atoms with E-state index in [4.69, 9.17) is 0 Å². The van der Waals surface area contributed by atoms with Gasteiger partial charge in [0.15, 0.2) is 0 Å². The molecule has 1 aromatic rings. The molecule has 112 valence electrons. The van der Waals surface area contributed by atoms with E-state index in [9.17, 15) is 19.5 Å². The standard InChI is InChI=1S/C14H15NO5S/c16-12(15-6-7-20-14(15)19)9-21-11(13(17)18)8-10-4-2-1-3-5-10/h1-5,11H,6-9H2,(H,17,18). The Balaban J connectivity index is 1.90. The second kappa shape index (κ2) is 7.12. The van der Waals surface area contributed by atoms with Crippen molar-refractivity contribution < 1.29 is 24.2 Å². The number of rotatable bonds is 6. The van der Waals surface area contributed by atoms with Gasteiger partial charge in [0, 0.05) is 0 Å². The molecule has 1 aromatic carbocycles. The number of hydrogen-bond acceptors (Lipinski definition) is 5. The van der Waals surface area contributed by atoms with Gasteiger partial charge in [0.25, 0.3) is 0 Å². The van der Waals surface area contributed by atoms with Crippen LogP contribution in [0.25, 0.3) is 0 Å². The summed E-state index contributed by atoms with van der Waals surface area (Å²) in [5, 5.41) is 8.50. The zero-order valence-electron chi connectivity index (χ0n) is 11.2. The van der Waals surface area contributed by atoms with Crippen LogP contribution in [0.3, 0.4) is 0 Å². The molecule has 1 fully saturated rings. The van der Waals surface area contributed by atoms with Crippen molar-refractivity contribution >= 4 is 29.7 Å². The largest absolute Gasteiger partial charge is 0.480 e. The zero-order valence-corrected chi connectivity index (χ0v) is 12.0. The number of ether oxygens (including phenoxy) is 1. The summed E-state index contributed by atoms with van der Waals surface area (Å²) in [4.78, 5) is 35.4. The van der Waals surface area contributed by atoms with Gasteiger partial charge >= 0.3 is 12.1 Å². The predicted octanol–water partition coefficient (Wildman–Crippen LogP) is 1.39. The number of cyclic esters (lactones) is 1. The number of benzene rings is 1. The third-order valence-electron chi connectivity index (χ3n) is 3.01. The van der Waals surface area contributed by atoms with Crippen LogP contribution < -0.4 is 0 Å². The average Bonchev–Trinajstić information content (AvgIpc) is 2.90. The van der Waals surface area contributed by atoms with Crippen molar-refractivity contribution in [3.05, 3.63) is 35.9 Å². The van der Waals surface area contributed by atoms with Gasteiger partial charge in [-0.15, -0.1) is 11.8 Å². The Morgan fingerprint density at radius 3 is 2.62 bits per heavy atom. The van der Waals surface area contributed by atoms with Crippen LogP contribution in [-0.2, 0) is 20.7 Å². The van der Waals surface area contributed by atoms with E-state index < -0.39 is 23.2 Å². The maximum absolute atomic E-state index is 11.8. The number of carboxylic acids is 1. The lowest BCUT2D eigenvalue weighted by molar-refractivity contribution is -0.136. The van der Waals surface area contributed by atoms with Crippen molar-refractivity contribution in [3.8, 4) is 0 Å². The van der Waals surface area contributed by atoms with Crippen LogP contribution in [-0.4, -0.2) is 52.1 Å². The fourth-order valence-electron chi connectivity index (χ4n) is 1.92. The molecule has 0 radical (unpaired) electrons. The highest BCUT2D eigenvalue weighted by molar-refractivity contribution is 8.01. The number of carbonyl (C=O) groups is 3. The summed E-state index contributed by atoms with van der Waals surface area (Å²) < 4.78 is 4.68. The van der Waals surface area contributed by atoms with Crippen LogP contribution in [0.5, 0.6) is 0 Å². The minimum absolute atomic E-state index is 0.0566. The van der Waals surface area contributed by atoms with Gasteiger partial charge in [0.2, 0.25) is 5.91 Å². The van der Waals surface area contributed by atoms with Gasteiger partial charge in [0.05, 0.1) is 12.3 Å². The molecule has 1 aliphatic rings. The minimum atomic E-state index is -0.972. The van der Waals surface area contributed by atoms with Crippen LogP contribution in [0.15, 0.2) is 30.3 Å². The number of amides is 2. The number of hydrogen-bond donors (Lipinski definition) is 1. The fraction of sp³-hybridized carbons (Fsp3) is 0.357. The Labute approximate surface area is 126 Å². The van der Waals surface area contributed by atoms with Crippen LogP contribution in [0.4, 0.5) is 4.79 Å². The molecular weight excluding hydrogens is 294 g/mol. The van der Waals surface area contributed by atoms with Crippen LogP contribution in [0, 0.1) is 0 Å². The molecule has 0 aromatic heterocycles. The van der Waals surface area contributed by atoms with Crippen LogP contribution in [0.1, 0.15) is 5.56 Å². The van der Waals surface area contributed by atoms with Gasteiger partial charge in [-0.25, -0.2) is 9.69 Å². The van der Waals surface area contributed by atoms with Crippen LogP contribution in [0.2, 0.25) is 0 Å². The molecule has 1 unspecified atom stereocenters. The van der Waals surface area contributed by atoms with E-state index >= 15 is 0 Å². The molecule has 1 atom stereocenters. The van der Waals surface area contributed by atoms with E-state index in [0.29, 0.717) is 6.42 Å². The highest BCUT2D eigenvalue weighted by Crippen LogP contribution is 2.18. The number of aliphatic carboxylic acids is 1. The van der Waals surface area contributed by atoms with Crippen molar-refractivity contribution in [2.45, 2.75) is 11.7 Å². The van der Waals surface area contributed by atoms with E-state index in [-0.39, 0.29) is 18.9 Å².